The van der Waals surface area contributed by atoms with Crippen LogP contribution in [0.1, 0.15) is 127 Å². The molecular formula is C70H78F2N14O7S. The van der Waals surface area contributed by atoms with Crippen LogP contribution in [0, 0.1) is 36.8 Å². The number of aryl methyl sites for hydroxylation is 1. The minimum atomic E-state index is -1.30. The molecule has 3 amide bonds. The average Bonchev–Trinajstić information content (AvgIpc) is 1.61. The van der Waals surface area contributed by atoms with E-state index in [1.807, 2.05) is 50.4 Å². The number of nitrogens with two attached hydrogens (primary N) is 1. The lowest BCUT2D eigenvalue weighted by atomic mass is 10.0. The smallest absolute Gasteiger partial charge is 0.297 e. The van der Waals surface area contributed by atoms with Gasteiger partial charge in [-0.3, -0.25) is 32.7 Å². The van der Waals surface area contributed by atoms with Crippen molar-refractivity contribution in [3.63, 3.8) is 0 Å². The van der Waals surface area contributed by atoms with E-state index in [0.717, 1.165) is 61.0 Å². The molecule has 24 heteroatoms. The number of ether oxygens (including phenoxy) is 1. The van der Waals surface area contributed by atoms with E-state index in [1.165, 1.54) is 59.0 Å². The summed E-state index contributed by atoms with van der Waals surface area (Å²) in [5.74, 6) is -0.399. The Kier molecular flexibility index (Phi) is 23.2. The van der Waals surface area contributed by atoms with Crippen molar-refractivity contribution in [3.8, 4) is 45.7 Å². The highest BCUT2D eigenvalue weighted by molar-refractivity contribution is 7.84. The zero-order valence-electron chi connectivity index (χ0n) is 50.8. The second-order valence-corrected chi connectivity index (χ2v) is 23.6. The summed E-state index contributed by atoms with van der Waals surface area (Å²) in [6, 6.07) is 34.2. The first kappa shape index (κ1) is 70.9. The Hall–Kier alpha value is -10.5. The van der Waals surface area contributed by atoms with Crippen molar-refractivity contribution in [2.24, 2.45) is 7.05 Å². The third kappa shape index (κ3) is 16.4. The number of hydrogen-bond acceptors (Lipinski definition) is 15. The number of imidazole rings is 1. The number of rotatable bonds is 19. The summed E-state index contributed by atoms with van der Waals surface area (Å²) < 4.78 is 50.7. The van der Waals surface area contributed by atoms with Gasteiger partial charge in [-0.05, 0) is 144 Å². The molecule has 0 aliphatic heterocycles. The third-order valence-corrected chi connectivity index (χ3v) is 16.3. The quantitative estimate of drug-likeness (QED) is 0.0324. The van der Waals surface area contributed by atoms with Crippen LogP contribution < -0.4 is 42.6 Å². The standard InChI is InChI=1S/C27H30FN5O3.C22H19N5O2.C18H17FN4O2S.3CH4/c1-17-21(28)15-18(25(34)31-19-7-8-19)16-22(17)33-13-11-30-24(26(33)35)32-27(9-10-27)20-5-3-4-6-23(20)36-14-12-29-2;1-13-5-6-16(22(29)26-17-7-8-17)10-19(13)27-21(24)18(12-25-27)20(28)15-4-2-3-14(9-15)11-23;1-11(24)21-15-10-13(8-9-20-15)17-16(12-4-6-14(19)7-5-12)22-18(23(17)2)26(3)25;;;/h3-6,11,13,15-16,19,29H,7-10,12,14H2,1-2H3,(H,30,32)(H,31,34);2-6,9-10,12,17H,7-8,24H2,1H3,(H,26,29);4-10H,1-3H3,(H,20,21,24);3*1H4. The van der Waals surface area contributed by atoms with Crippen molar-refractivity contribution in [3.05, 3.63) is 207 Å². The molecule has 0 saturated heterocycles. The van der Waals surface area contributed by atoms with Crippen LogP contribution in [0.25, 0.3) is 33.9 Å². The van der Waals surface area contributed by atoms with Crippen molar-refractivity contribution in [1.29, 1.82) is 5.26 Å². The molecule has 1 unspecified atom stereocenters. The van der Waals surface area contributed by atoms with Gasteiger partial charge in [0.05, 0.1) is 62.5 Å². The van der Waals surface area contributed by atoms with E-state index in [2.05, 4.69) is 46.6 Å². The minimum absolute atomic E-state index is 0. The number of carbonyl (C=O) groups is 4. The van der Waals surface area contributed by atoms with E-state index in [4.69, 9.17) is 15.7 Å². The van der Waals surface area contributed by atoms with Gasteiger partial charge in [-0.2, -0.15) is 10.4 Å². The van der Waals surface area contributed by atoms with E-state index in [1.54, 1.807) is 91.7 Å². The molecule has 4 heterocycles. The molecule has 94 heavy (non-hydrogen) atoms. The predicted molar refractivity (Wildman–Crippen MR) is 362 cm³/mol. The van der Waals surface area contributed by atoms with Gasteiger partial charge in [-0.25, -0.2) is 28.4 Å². The van der Waals surface area contributed by atoms with Gasteiger partial charge in [-0.15, -0.1) is 0 Å². The first-order chi connectivity index (χ1) is 43.8. The Labute approximate surface area is 547 Å². The van der Waals surface area contributed by atoms with Crippen LogP contribution in [-0.4, -0.2) is 100 Å². The van der Waals surface area contributed by atoms with Crippen molar-refractivity contribution in [2.45, 2.75) is 104 Å². The second-order valence-electron chi connectivity index (χ2n) is 22.3. The summed E-state index contributed by atoms with van der Waals surface area (Å²) >= 11 is 0. The number of nitriles is 1. The van der Waals surface area contributed by atoms with Crippen molar-refractivity contribution in [2.75, 3.05) is 42.8 Å². The number of ketones is 1. The van der Waals surface area contributed by atoms with Gasteiger partial charge in [-0.1, -0.05) is 58.7 Å². The van der Waals surface area contributed by atoms with Crippen LogP contribution in [0.15, 0.2) is 150 Å². The molecule has 0 spiro atoms. The fraction of sp³-hybridized carbons (Fsp3) is 0.286. The number of nitrogen functional groups attached to an aromatic ring is 1. The number of amides is 3. The van der Waals surface area contributed by atoms with Gasteiger partial charge in [0.15, 0.2) is 16.8 Å². The van der Waals surface area contributed by atoms with E-state index in [-0.39, 0.29) is 92.0 Å². The lowest BCUT2D eigenvalue weighted by Gasteiger charge is -2.22. The third-order valence-electron chi connectivity index (χ3n) is 15.4. The highest BCUT2D eigenvalue weighted by Crippen LogP contribution is 2.51. The number of nitrogens with zero attached hydrogens (tertiary/aromatic N) is 8. The predicted octanol–water partition coefficient (Wildman–Crippen LogP) is 10.9. The molecule has 7 N–H and O–H groups in total. The van der Waals surface area contributed by atoms with Crippen LogP contribution in [0.5, 0.6) is 5.75 Å². The summed E-state index contributed by atoms with van der Waals surface area (Å²) in [4.78, 5) is 75.6. The van der Waals surface area contributed by atoms with Crippen LogP contribution in [0.2, 0.25) is 0 Å². The summed E-state index contributed by atoms with van der Waals surface area (Å²) in [6.07, 6.45) is 13.0. The Morgan fingerprint density at radius 3 is 2.14 bits per heavy atom. The highest BCUT2D eigenvalue weighted by Gasteiger charge is 2.47. The van der Waals surface area contributed by atoms with Gasteiger partial charge in [0.2, 0.25) is 5.91 Å². The van der Waals surface area contributed by atoms with Crippen LogP contribution in [0.4, 0.5) is 26.2 Å². The molecule has 12 rings (SSSR count). The maximum Gasteiger partial charge on any atom is 0.297 e. The van der Waals surface area contributed by atoms with Crippen LogP contribution in [-0.2, 0) is 28.2 Å². The normalized spacial score (nSPS) is 13.4. The molecular weight excluding hydrogens is 1220 g/mol. The Morgan fingerprint density at radius 2 is 1.49 bits per heavy atom. The van der Waals surface area contributed by atoms with Gasteiger partial charge in [0.1, 0.15) is 35.6 Å². The van der Waals surface area contributed by atoms with E-state index >= 15 is 0 Å². The number of pyridine rings is 1. The molecule has 3 fully saturated rings. The summed E-state index contributed by atoms with van der Waals surface area (Å²) in [7, 11) is 2.33. The number of halogens is 2. The van der Waals surface area contributed by atoms with Gasteiger partial charge < -0.3 is 41.6 Å². The SMILES string of the molecule is C.C.C.CC(=O)Nc1cc(-c2c(-c3ccc(F)cc3)nc(S(C)=O)n2C)ccn1.CNCCOc1ccccc1C1(Nc2nccn(-c3cc(C(=O)NC4CC4)cc(F)c3C)c2=O)CC1.Cc1ccc(C(=O)NC2CC2)cc1-n1ncc(C(=O)c2cccc(C#N)c2)c1N. The number of nitrogens with one attached hydrogen (secondary N) is 5. The molecule has 9 aromatic rings. The molecule has 4 aromatic heterocycles. The largest absolute Gasteiger partial charge is 0.492 e. The van der Waals surface area contributed by atoms with Crippen molar-refractivity contribution >= 4 is 51.8 Å². The first-order valence-electron chi connectivity index (χ1n) is 29.3. The van der Waals surface area contributed by atoms with Gasteiger partial charge >= 0.3 is 0 Å². The van der Waals surface area contributed by atoms with E-state index < -0.39 is 27.7 Å². The number of anilines is 3. The number of carbonyl (C=O) groups excluding carboxylic acids is 4. The zero-order chi connectivity index (χ0) is 64.7. The fourth-order valence-corrected chi connectivity index (χ4v) is 10.8. The summed E-state index contributed by atoms with van der Waals surface area (Å²) in [5.41, 5.74) is 12.9. The Bertz CT molecular complexity index is 4400. The number of hydrogen-bond donors (Lipinski definition) is 6. The molecule has 3 saturated carbocycles. The average molecular weight is 1300 g/mol. The molecule has 0 radical (unpaired) electrons. The maximum absolute atomic E-state index is 14.8. The molecule has 5 aromatic carbocycles. The lowest BCUT2D eigenvalue weighted by Crippen LogP contribution is -2.30. The summed E-state index contributed by atoms with van der Waals surface area (Å²) in [6.45, 7) is 6.12. The van der Waals surface area contributed by atoms with Crippen molar-refractivity contribution < 1.29 is 36.9 Å². The van der Waals surface area contributed by atoms with Crippen LogP contribution >= 0.6 is 0 Å². The number of para-hydroxylation sites is 1. The number of likely N-dealkylation sites (N-methyl/N-ethyl adjacent to an activating group) is 1. The molecule has 490 valence electrons. The molecule has 3 aliphatic carbocycles. The monoisotopic (exact) mass is 1300 g/mol. The van der Waals surface area contributed by atoms with Crippen molar-refractivity contribution in [1.82, 2.24) is 49.8 Å². The first-order valence-corrected chi connectivity index (χ1v) is 30.9. The molecule has 3 aliphatic rings. The summed E-state index contributed by atoms with van der Waals surface area (Å²) in [5, 5.41) is 28.6. The fourth-order valence-electron chi connectivity index (χ4n) is 10.1. The number of aromatic nitrogens is 7. The Balaban J connectivity index is 0.000000199. The topological polar surface area (TPSA) is 288 Å². The molecule has 0 bridgehead atoms. The van der Waals surface area contributed by atoms with E-state index in [9.17, 15) is 37.0 Å². The van der Waals surface area contributed by atoms with E-state index in [0.29, 0.717) is 69.1 Å². The molecule has 1 atom stereocenters. The minimum Gasteiger partial charge on any atom is -0.492 e. The van der Waals surface area contributed by atoms with Gasteiger partial charge in [0.25, 0.3) is 17.4 Å². The maximum atomic E-state index is 14.8. The Morgan fingerprint density at radius 1 is 0.809 bits per heavy atom. The number of benzene rings is 5. The lowest BCUT2D eigenvalue weighted by molar-refractivity contribution is -0.114. The van der Waals surface area contributed by atoms with Crippen LogP contribution in [0.3, 0.4) is 0 Å². The zero-order valence-corrected chi connectivity index (χ0v) is 51.6. The second kappa shape index (κ2) is 30.7. The highest BCUT2D eigenvalue weighted by atomic mass is 32.2. The molecule has 21 nitrogen and oxygen atoms in total. The van der Waals surface area contributed by atoms with Gasteiger partial charge in [0, 0.05) is 96.4 Å².